The first-order chi connectivity index (χ1) is 3.81. The van der Waals surface area contributed by atoms with E-state index in [0.29, 0.717) is 0 Å². The van der Waals surface area contributed by atoms with Crippen LogP contribution in [-0.4, -0.2) is 23.9 Å². The lowest BCUT2D eigenvalue weighted by Gasteiger charge is -2.11. The highest BCUT2D eigenvalue weighted by Gasteiger charge is 2.57. The second kappa shape index (κ2) is 2.91. The molecule has 0 atom stereocenters. The molecule has 2 nitrogen and oxygen atoms in total. The van der Waals surface area contributed by atoms with Crippen molar-refractivity contribution in [1.82, 2.24) is 0 Å². The molecule has 62 valence electrons. The quantitative estimate of drug-likeness (QED) is 0.414. The molecule has 7 heteroatoms. The van der Waals surface area contributed by atoms with Crippen molar-refractivity contribution in [2.24, 2.45) is 0 Å². The van der Waals surface area contributed by atoms with Gasteiger partial charge in [0.25, 0.3) is 0 Å². The van der Waals surface area contributed by atoms with E-state index in [1.165, 1.54) is 0 Å². The third-order valence-electron chi connectivity index (χ3n) is 0.526. The van der Waals surface area contributed by atoms with Gasteiger partial charge in [0, 0.05) is 0 Å². The van der Waals surface area contributed by atoms with Crippen LogP contribution < -0.4 is 0 Å². The van der Waals surface area contributed by atoms with E-state index in [1.54, 1.807) is 0 Å². The molecule has 0 saturated heterocycles. The van der Waals surface area contributed by atoms with Crippen LogP contribution in [0.2, 0.25) is 0 Å². The lowest BCUT2D eigenvalue weighted by atomic mass is 10.4. The average molecular weight is 166 g/mol. The summed E-state index contributed by atoms with van der Waals surface area (Å²) < 4.78 is 54.9. The van der Waals surface area contributed by atoms with Crippen LogP contribution in [0, 0.1) is 0 Å². The molecular formula is C3H3F5O2. The minimum absolute atomic E-state index is 0. The minimum Gasteiger partial charge on any atom is -0.412 e. The van der Waals surface area contributed by atoms with Gasteiger partial charge in [0.2, 0.25) is 0 Å². The van der Waals surface area contributed by atoms with Crippen LogP contribution in [0.1, 0.15) is 0 Å². The molecule has 0 aliphatic rings. The molecule has 2 N–H and O–H groups in total. The van der Waals surface area contributed by atoms with Gasteiger partial charge in [-0.25, -0.2) is 0 Å². The highest BCUT2D eigenvalue weighted by atomic mass is 19.4. The highest BCUT2D eigenvalue weighted by Crippen LogP contribution is 2.32. The maximum absolute atomic E-state index is 11.2. The summed E-state index contributed by atoms with van der Waals surface area (Å²) >= 11 is 0. The summed E-state index contributed by atoms with van der Waals surface area (Å²) in [6.07, 6.45) is -7.19. The SMILES string of the molecule is O.O=CC(F)(F)C(F)(F)F. The molecule has 0 unspecified atom stereocenters. The zero-order valence-electron chi connectivity index (χ0n) is 4.38. The summed E-state index contributed by atoms with van der Waals surface area (Å²) in [6.45, 7) is 0. The monoisotopic (exact) mass is 166 g/mol. The Labute approximate surface area is 51.9 Å². The van der Waals surface area contributed by atoms with Gasteiger partial charge in [0.1, 0.15) is 0 Å². The van der Waals surface area contributed by atoms with Gasteiger partial charge in [-0.2, -0.15) is 22.0 Å². The third kappa shape index (κ3) is 2.26. The van der Waals surface area contributed by atoms with E-state index in [-0.39, 0.29) is 5.48 Å². The van der Waals surface area contributed by atoms with E-state index in [4.69, 9.17) is 4.79 Å². The zero-order chi connectivity index (χ0) is 7.71. The van der Waals surface area contributed by atoms with E-state index >= 15 is 0 Å². The van der Waals surface area contributed by atoms with Gasteiger partial charge in [-0.3, -0.25) is 4.79 Å². The Bertz CT molecular complexity index is 117. The van der Waals surface area contributed by atoms with Crippen molar-refractivity contribution in [3.05, 3.63) is 0 Å². The molecule has 0 aromatic heterocycles. The van der Waals surface area contributed by atoms with Crippen LogP contribution in [0.15, 0.2) is 0 Å². The van der Waals surface area contributed by atoms with Gasteiger partial charge < -0.3 is 5.48 Å². The second-order valence-electron chi connectivity index (χ2n) is 1.24. The van der Waals surface area contributed by atoms with Crippen LogP contribution in [0.25, 0.3) is 0 Å². The van der Waals surface area contributed by atoms with Crippen LogP contribution >= 0.6 is 0 Å². The van der Waals surface area contributed by atoms with Gasteiger partial charge in [-0.15, -0.1) is 0 Å². The summed E-state index contributed by atoms with van der Waals surface area (Å²) in [4.78, 5) is 9.00. The van der Waals surface area contributed by atoms with Crippen molar-refractivity contribution in [2.45, 2.75) is 12.1 Å². The van der Waals surface area contributed by atoms with Crippen LogP contribution in [0.5, 0.6) is 0 Å². The molecule has 0 fully saturated rings. The first kappa shape index (κ1) is 12.0. The van der Waals surface area contributed by atoms with Crippen molar-refractivity contribution in [1.29, 1.82) is 0 Å². The lowest BCUT2D eigenvalue weighted by molar-refractivity contribution is -0.262. The Morgan fingerprint density at radius 3 is 1.30 bits per heavy atom. The zero-order valence-corrected chi connectivity index (χ0v) is 4.38. The number of carbonyl (C=O) groups is 1. The number of rotatable bonds is 1. The van der Waals surface area contributed by atoms with Gasteiger partial charge in [-0.1, -0.05) is 0 Å². The summed E-state index contributed by atoms with van der Waals surface area (Å²) in [5, 5.41) is 0. The fourth-order valence-electron chi connectivity index (χ4n) is 0.0668. The van der Waals surface area contributed by atoms with Crippen molar-refractivity contribution in [3.8, 4) is 0 Å². The molecule has 0 amide bonds. The highest BCUT2D eigenvalue weighted by molar-refractivity contribution is 5.60. The molecule has 0 radical (unpaired) electrons. The maximum atomic E-state index is 11.2. The van der Waals surface area contributed by atoms with Crippen molar-refractivity contribution in [3.63, 3.8) is 0 Å². The predicted molar refractivity (Wildman–Crippen MR) is 20.7 cm³/mol. The molecule has 0 aliphatic heterocycles. The summed E-state index contributed by atoms with van der Waals surface area (Å²) in [6, 6.07) is 0. The van der Waals surface area contributed by atoms with Crippen LogP contribution in [-0.2, 0) is 4.79 Å². The molecule has 0 aromatic rings. The predicted octanol–water partition coefficient (Wildman–Crippen LogP) is 0.558. The molecule has 0 rings (SSSR count). The Kier molecular flexibility index (Phi) is 3.49. The molecular weight excluding hydrogens is 163 g/mol. The second-order valence-corrected chi connectivity index (χ2v) is 1.24. The number of carbonyl (C=O) groups excluding carboxylic acids is 1. The number of aldehydes is 1. The topological polar surface area (TPSA) is 48.6 Å². The first-order valence-corrected chi connectivity index (χ1v) is 1.72. The molecule has 10 heavy (non-hydrogen) atoms. The van der Waals surface area contributed by atoms with Gasteiger partial charge >= 0.3 is 12.1 Å². The number of hydrogen-bond donors (Lipinski definition) is 0. The largest absolute Gasteiger partial charge is 0.460 e. The van der Waals surface area contributed by atoms with E-state index < -0.39 is 18.4 Å². The Morgan fingerprint density at radius 1 is 1.00 bits per heavy atom. The average Bonchev–Trinajstić information content (AvgIpc) is 1.64. The summed E-state index contributed by atoms with van der Waals surface area (Å²) in [5.74, 6) is -5.20. The Balaban J connectivity index is 0. The fourth-order valence-corrected chi connectivity index (χ4v) is 0.0668. The Hall–Kier alpha value is -0.720. The fraction of sp³-hybridized carbons (Fsp3) is 0.667. The number of alkyl halides is 5. The van der Waals surface area contributed by atoms with E-state index in [0.717, 1.165) is 0 Å². The van der Waals surface area contributed by atoms with Crippen LogP contribution in [0.4, 0.5) is 22.0 Å². The van der Waals surface area contributed by atoms with E-state index in [9.17, 15) is 22.0 Å². The van der Waals surface area contributed by atoms with Gasteiger partial charge in [0.05, 0.1) is 0 Å². The third-order valence-corrected chi connectivity index (χ3v) is 0.526. The van der Waals surface area contributed by atoms with Gasteiger partial charge in [0.15, 0.2) is 6.29 Å². The van der Waals surface area contributed by atoms with E-state index in [1.807, 2.05) is 0 Å². The van der Waals surface area contributed by atoms with Crippen molar-refractivity contribution >= 4 is 6.29 Å². The standard InChI is InChI=1S/C3HF5O.H2O/c4-2(5,1-9)3(6,7)8;/h1H;1H2. The van der Waals surface area contributed by atoms with E-state index in [2.05, 4.69) is 0 Å². The van der Waals surface area contributed by atoms with Gasteiger partial charge in [-0.05, 0) is 0 Å². The first-order valence-electron chi connectivity index (χ1n) is 1.72. The molecule has 0 aliphatic carbocycles. The molecule has 0 saturated carbocycles. The van der Waals surface area contributed by atoms with Crippen LogP contribution in [0.3, 0.4) is 0 Å². The smallest absolute Gasteiger partial charge is 0.412 e. The summed E-state index contributed by atoms with van der Waals surface area (Å²) in [7, 11) is 0. The van der Waals surface area contributed by atoms with Crippen molar-refractivity contribution < 1.29 is 32.2 Å². The number of halogens is 5. The molecule has 0 heterocycles. The normalized spacial score (nSPS) is 12.1. The minimum atomic E-state index is -5.76. The summed E-state index contributed by atoms with van der Waals surface area (Å²) in [5.41, 5.74) is 0. The Morgan fingerprint density at radius 2 is 1.30 bits per heavy atom. The molecule has 0 aromatic carbocycles. The number of hydrogen-bond acceptors (Lipinski definition) is 1. The van der Waals surface area contributed by atoms with Crippen molar-refractivity contribution in [2.75, 3.05) is 0 Å². The maximum Gasteiger partial charge on any atom is 0.460 e. The molecule has 0 bridgehead atoms. The molecule has 0 spiro atoms. The lowest BCUT2D eigenvalue weighted by Crippen LogP contribution is -2.37.